The summed E-state index contributed by atoms with van der Waals surface area (Å²) in [7, 11) is 0. The lowest BCUT2D eigenvalue weighted by atomic mass is 10.1. The summed E-state index contributed by atoms with van der Waals surface area (Å²) >= 11 is 7.67. The van der Waals surface area contributed by atoms with Gasteiger partial charge in [-0.25, -0.2) is 9.97 Å². The number of aromatic nitrogens is 2. The number of hydrogen-bond donors (Lipinski definition) is 1. The molecule has 1 aliphatic heterocycles. The largest absolute Gasteiger partial charge is 0.484 e. The fraction of sp³-hybridized carbons (Fsp3) is 0.375. The fourth-order valence-electron chi connectivity index (χ4n) is 4.36. The van der Waals surface area contributed by atoms with E-state index in [0.29, 0.717) is 5.75 Å². The second-order valence-corrected chi connectivity index (χ2v) is 10.2. The second kappa shape index (κ2) is 8.71. The van der Waals surface area contributed by atoms with Crippen molar-refractivity contribution < 1.29 is 9.53 Å². The molecule has 0 atom stereocenters. The van der Waals surface area contributed by atoms with Crippen LogP contribution in [-0.2, 0) is 24.1 Å². The Kier molecular flexibility index (Phi) is 5.78. The number of thiophene rings is 1. The molecule has 5 rings (SSSR count). The van der Waals surface area contributed by atoms with Crippen LogP contribution in [0.15, 0.2) is 30.3 Å². The summed E-state index contributed by atoms with van der Waals surface area (Å²) in [6, 6.07) is 10.0. The van der Waals surface area contributed by atoms with Crippen LogP contribution >= 0.6 is 22.9 Å². The van der Waals surface area contributed by atoms with Crippen molar-refractivity contribution in [2.45, 2.75) is 45.6 Å². The Morgan fingerprint density at radius 2 is 2.09 bits per heavy atom. The number of fused-ring (bicyclic) bond motifs is 2. The number of halogens is 1. The predicted octanol–water partition coefficient (Wildman–Crippen LogP) is 4.94. The molecule has 3 heterocycles. The molecule has 6 nitrogen and oxygen atoms in total. The van der Waals surface area contributed by atoms with Crippen molar-refractivity contribution in [3.63, 3.8) is 0 Å². The lowest BCUT2D eigenvalue weighted by Gasteiger charge is -2.22. The molecule has 166 valence electrons. The molecular weight excluding hydrogens is 444 g/mol. The van der Waals surface area contributed by atoms with E-state index in [9.17, 15) is 4.79 Å². The number of amides is 1. The zero-order valence-corrected chi connectivity index (χ0v) is 19.7. The van der Waals surface area contributed by atoms with Crippen molar-refractivity contribution in [1.29, 1.82) is 0 Å². The highest BCUT2D eigenvalue weighted by Gasteiger charge is 2.29. The maximum absolute atomic E-state index is 12.0. The van der Waals surface area contributed by atoms with E-state index in [2.05, 4.69) is 16.3 Å². The number of nitrogens with zero attached hydrogens (tertiary/aromatic N) is 3. The van der Waals surface area contributed by atoms with Crippen LogP contribution in [0.25, 0.3) is 10.7 Å². The quantitative estimate of drug-likeness (QED) is 0.554. The number of carbonyl (C=O) groups excluding carboxylic acids is 1. The van der Waals surface area contributed by atoms with Gasteiger partial charge in [0.05, 0.1) is 9.21 Å². The van der Waals surface area contributed by atoms with Gasteiger partial charge in [-0.1, -0.05) is 17.7 Å². The molecule has 0 unspecified atom stereocenters. The summed E-state index contributed by atoms with van der Waals surface area (Å²) in [6.45, 7) is 4.73. The Morgan fingerprint density at radius 1 is 1.22 bits per heavy atom. The van der Waals surface area contributed by atoms with Crippen LogP contribution in [-0.4, -0.2) is 35.1 Å². The van der Waals surface area contributed by atoms with Crippen molar-refractivity contribution in [2.75, 3.05) is 18.1 Å². The van der Waals surface area contributed by atoms with Gasteiger partial charge in [0.25, 0.3) is 5.91 Å². The Bertz CT molecular complexity index is 1180. The monoisotopic (exact) mass is 468 g/mol. The molecule has 0 fully saturated rings. The molecule has 1 amide bonds. The lowest BCUT2D eigenvalue weighted by molar-refractivity contribution is -0.123. The van der Waals surface area contributed by atoms with Crippen LogP contribution in [0.4, 0.5) is 11.5 Å². The van der Waals surface area contributed by atoms with E-state index in [1.807, 2.05) is 38.1 Å². The first-order valence-corrected chi connectivity index (χ1v) is 12.2. The molecule has 0 bridgehead atoms. The average Bonchev–Trinajstić information content (AvgIpc) is 3.50. The number of ether oxygens (including phenoxy) is 1. The van der Waals surface area contributed by atoms with Crippen molar-refractivity contribution in [2.24, 2.45) is 0 Å². The zero-order valence-electron chi connectivity index (χ0n) is 18.2. The fourth-order valence-corrected chi connectivity index (χ4v) is 5.34. The molecule has 3 aromatic rings. The SMILES string of the molecule is CC(C)NC(=O)COc1ccc2c(c1)N(c1nc(-c3ccc(Cl)s3)nc3c1CCC3)CC2. The predicted molar refractivity (Wildman–Crippen MR) is 128 cm³/mol. The van der Waals surface area contributed by atoms with Gasteiger partial charge in [0, 0.05) is 35.6 Å². The molecule has 2 aromatic heterocycles. The number of anilines is 2. The van der Waals surface area contributed by atoms with Crippen molar-refractivity contribution in [3.8, 4) is 16.5 Å². The van der Waals surface area contributed by atoms with Gasteiger partial charge in [0.2, 0.25) is 0 Å². The van der Waals surface area contributed by atoms with Crippen LogP contribution in [0.2, 0.25) is 4.34 Å². The number of carbonyl (C=O) groups is 1. The Labute approximate surface area is 196 Å². The summed E-state index contributed by atoms with van der Waals surface area (Å²) in [5.74, 6) is 2.29. The maximum Gasteiger partial charge on any atom is 0.258 e. The van der Waals surface area contributed by atoms with Crippen molar-refractivity contribution in [1.82, 2.24) is 15.3 Å². The highest BCUT2D eigenvalue weighted by atomic mass is 35.5. The topological polar surface area (TPSA) is 67.3 Å². The number of nitrogens with one attached hydrogen (secondary N) is 1. The molecule has 1 aliphatic carbocycles. The average molecular weight is 469 g/mol. The molecular formula is C24H25ClN4O2S. The molecule has 1 aromatic carbocycles. The van der Waals surface area contributed by atoms with Crippen LogP contribution < -0.4 is 15.0 Å². The van der Waals surface area contributed by atoms with E-state index in [1.165, 1.54) is 22.5 Å². The first-order chi connectivity index (χ1) is 15.5. The van der Waals surface area contributed by atoms with Gasteiger partial charge in [-0.15, -0.1) is 11.3 Å². The Hall–Kier alpha value is -2.64. The number of aryl methyl sites for hydroxylation is 1. The van der Waals surface area contributed by atoms with E-state index >= 15 is 0 Å². The minimum absolute atomic E-state index is 0.00313. The van der Waals surface area contributed by atoms with E-state index in [1.54, 1.807) is 0 Å². The third kappa shape index (κ3) is 4.19. The van der Waals surface area contributed by atoms with E-state index in [0.717, 1.165) is 64.5 Å². The summed E-state index contributed by atoms with van der Waals surface area (Å²) in [4.78, 5) is 25.1. The van der Waals surface area contributed by atoms with Crippen LogP contribution in [0.5, 0.6) is 5.75 Å². The molecule has 0 saturated carbocycles. The van der Waals surface area contributed by atoms with Crippen molar-refractivity contribution in [3.05, 3.63) is 51.5 Å². The van der Waals surface area contributed by atoms with Gasteiger partial charge in [-0.2, -0.15) is 0 Å². The molecule has 0 radical (unpaired) electrons. The highest BCUT2D eigenvalue weighted by Crippen LogP contribution is 2.41. The van der Waals surface area contributed by atoms with E-state index in [-0.39, 0.29) is 18.6 Å². The lowest BCUT2D eigenvalue weighted by Crippen LogP contribution is -2.34. The Balaban J connectivity index is 1.46. The maximum atomic E-state index is 12.0. The molecule has 2 aliphatic rings. The number of rotatable bonds is 6. The molecule has 32 heavy (non-hydrogen) atoms. The highest BCUT2D eigenvalue weighted by molar-refractivity contribution is 7.19. The van der Waals surface area contributed by atoms with Crippen LogP contribution in [0.1, 0.15) is 37.1 Å². The first-order valence-electron chi connectivity index (χ1n) is 11.0. The zero-order chi connectivity index (χ0) is 22.2. The van der Waals surface area contributed by atoms with Crippen molar-refractivity contribution >= 4 is 40.4 Å². The summed E-state index contributed by atoms with van der Waals surface area (Å²) < 4.78 is 6.52. The third-order valence-corrected chi connectivity index (χ3v) is 6.96. The second-order valence-electron chi connectivity index (χ2n) is 8.46. The van der Waals surface area contributed by atoms with Crippen LogP contribution in [0.3, 0.4) is 0 Å². The van der Waals surface area contributed by atoms with Gasteiger partial charge in [-0.05, 0) is 63.3 Å². The van der Waals surface area contributed by atoms with Gasteiger partial charge in [0.1, 0.15) is 11.6 Å². The smallest absolute Gasteiger partial charge is 0.258 e. The van der Waals surface area contributed by atoms with E-state index in [4.69, 9.17) is 26.3 Å². The molecule has 0 saturated heterocycles. The first kappa shape index (κ1) is 21.2. The van der Waals surface area contributed by atoms with Gasteiger partial charge in [-0.3, -0.25) is 4.79 Å². The molecule has 0 spiro atoms. The Morgan fingerprint density at radius 3 is 2.88 bits per heavy atom. The summed E-state index contributed by atoms with van der Waals surface area (Å²) in [5.41, 5.74) is 4.73. The number of hydrogen-bond acceptors (Lipinski definition) is 6. The van der Waals surface area contributed by atoms with Crippen LogP contribution in [0, 0.1) is 0 Å². The summed E-state index contributed by atoms with van der Waals surface area (Å²) in [5, 5.41) is 2.85. The van der Waals surface area contributed by atoms with Gasteiger partial charge < -0.3 is 15.0 Å². The molecule has 8 heteroatoms. The normalized spacial score (nSPS) is 14.6. The summed E-state index contributed by atoms with van der Waals surface area (Å²) in [6.07, 6.45) is 4.02. The minimum Gasteiger partial charge on any atom is -0.484 e. The van der Waals surface area contributed by atoms with E-state index < -0.39 is 0 Å². The third-order valence-electron chi connectivity index (χ3n) is 5.73. The molecule has 1 N–H and O–H groups in total. The van der Waals surface area contributed by atoms with Gasteiger partial charge >= 0.3 is 0 Å². The van der Waals surface area contributed by atoms with Gasteiger partial charge in [0.15, 0.2) is 12.4 Å². The minimum atomic E-state index is -0.120. The number of benzene rings is 1. The standard InChI is InChI=1S/C24H25ClN4O2S/c1-14(2)26-22(30)13-31-16-7-6-15-10-11-29(19(15)12-16)24-17-4-3-5-18(17)27-23(28-24)20-8-9-21(25)32-20/h6-9,12,14H,3-5,10-11,13H2,1-2H3,(H,26,30).